The summed E-state index contributed by atoms with van der Waals surface area (Å²) in [5.74, 6) is 0.991. The Kier molecular flexibility index (Phi) is 6.92. The van der Waals surface area contributed by atoms with E-state index < -0.39 is 0 Å². The summed E-state index contributed by atoms with van der Waals surface area (Å²) in [6, 6.07) is 10.0. The van der Waals surface area contributed by atoms with E-state index in [0.717, 1.165) is 67.4 Å². The molecule has 31 heavy (non-hydrogen) atoms. The van der Waals surface area contributed by atoms with Gasteiger partial charge in [-0.3, -0.25) is 4.79 Å². The van der Waals surface area contributed by atoms with Crippen molar-refractivity contribution in [1.29, 1.82) is 0 Å². The number of amides is 1. The molecule has 164 valence electrons. The van der Waals surface area contributed by atoms with Crippen LogP contribution < -0.4 is 10.1 Å². The van der Waals surface area contributed by atoms with Gasteiger partial charge < -0.3 is 19.9 Å². The van der Waals surface area contributed by atoms with E-state index in [9.17, 15) is 4.79 Å². The molecule has 0 bridgehead atoms. The minimum atomic E-state index is 0.116. The van der Waals surface area contributed by atoms with Crippen molar-refractivity contribution in [3.8, 4) is 5.75 Å². The van der Waals surface area contributed by atoms with Crippen LogP contribution in [0, 0.1) is 5.41 Å². The van der Waals surface area contributed by atoms with E-state index in [1.54, 1.807) is 24.5 Å². The predicted octanol–water partition coefficient (Wildman–Crippen LogP) is 4.16. The molecule has 0 radical (unpaired) electrons. The molecular formula is C24H29N3O2S2. The number of nitrogens with one attached hydrogen (secondary N) is 1. The molecule has 0 atom stereocenters. The van der Waals surface area contributed by atoms with E-state index in [1.807, 2.05) is 46.0 Å². The average Bonchev–Trinajstić information content (AvgIpc) is 3.47. The second kappa shape index (κ2) is 9.83. The number of likely N-dealkylation sites (tertiary alicyclic amines) is 2. The highest BCUT2D eigenvalue weighted by atomic mass is 32.1. The summed E-state index contributed by atoms with van der Waals surface area (Å²) >= 11 is 7.33. The number of nitrogens with zero attached hydrogens (tertiary/aromatic N) is 2. The van der Waals surface area contributed by atoms with E-state index in [4.69, 9.17) is 17.0 Å². The maximum atomic E-state index is 12.5. The minimum absolute atomic E-state index is 0.116. The molecule has 2 aliphatic heterocycles. The fraction of sp³-hybridized carbons (Fsp3) is 0.417. The number of carbonyl (C=O) groups excluding carboxylic acids is 1. The van der Waals surface area contributed by atoms with Crippen molar-refractivity contribution < 1.29 is 9.53 Å². The number of hydrogen-bond acceptors (Lipinski definition) is 4. The molecule has 5 nitrogen and oxygen atoms in total. The number of methoxy groups -OCH3 is 1. The summed E-state index contributed by atoms with van der Waals surface area (Å²) in [4.78, 5) is 16.8. The Labute approximate surface area is 193 Å². The maximum Gasteiger partial charge on any atom is 0.246 e. The first-order chi connectivity index (χ1) is 15.1. The fourth-order valence-electron chi connectivity index (χ4n) is 4.49. The van der Waals surface area contributed by atoms with Crippen LogP contribution in [0.1, 0.15) is 30.4 Å². The number of thiocarbonyl (C=S) groups is 1. The normalized spacial score (nSPS) is 18.0. The molecule has 1 aromatic carbocycles. The van der Waals surface area contributed by atoms with Crippen LogP contribution in [0.25, 0.3) is 6.08 Å². The molecule has 2 aromatic rings. The first-order valence-electron chi connectivity index (χ1n) is 10.7. The first-order valence-corrected chi connectivity index (χ1v) is 12.1. The summed E-state index contributed by atoms with van der Waals surface area (Å²) in [7, 11) is 1.69. The Morgan fingerprint density at radius 1 is 1.19 bits per heavy atom. The van der Waals surface area contributed by atoms with Gasteiger partial charge in [-0.25, -0.2) is 0 Å². The molecule has 1 N–H and O–H groups in total. The van der Waals surface area contributed by atoms with Crippen molar-refractivity contribution in [2.75, 3.05) is 33.3 Å². The molecule has 1 aromatic heterocycles. The van der Waals surface area contributed by atoms with Gasteiger partial charge in [0.25, 0.3) is 0 Å². The molecule has 1 amide bonds. The van der Waals surface area contributed by atoms with Crippen molar-refractivity contribution in [2.45, 2.75) is 25.8 Å². The molecule has 3 heterocycles. The number of benzene rings is 1. The van der Waals surface area contributed by atoms with Gasteiger partial charge in [0.15, 0.2) is 5.11 Å². The van der Waals surface area contributed by atoms with E-state index in [1.165, 1.54) is 0 Å². The van der Waals surface area contributed by atoms with Crippen molar-refractivity contribution in [1.82, 2.24) is 15.1 Å². The molecule has 0 aliphatic carbocycles. The maximum absolute atomic E-state index is 12.5. The van der Waals surface area contributed by atoms with Crippen LogP contribution in [0.2, 0.25) is 0 Å². The summed E-state index contributed by atoms with van der Waals surface area (Å²) in [6.45, 7) is 4.25. The van der Waals surface area contributed by atoms with Gasteiger partial charge in [0.1, 0.15) is 5.75 Å². The lowest BCUT2D eigenvalue weighted by Gasteiger charge is -2.39. The Morgan fingerprint density at radius 3 is 2.65 bits per heavy atom. The largest absolute Gasteiger partial charge is 0.496 e. The zero-order valence-corrected chi connectivity index (χ0v) is 19.5. The lowest BCUT2D eigenvalue weighted by Crippen LogP contribution is -2.45. The number of rotatable bonds is 5. The first kappa shape index (κ1) is 21.8. The summed E-state index contributed by atoms with van der Waals surface area (Å²) < 4.78 is 5.43. The summed E-state index contributed by atoms with van der Waals surface area (Å²) in [6.07, 6.45) is 6.83. The second-order valence-corrected chi connectivity index (χ2v) is 9.52. The Morgan fingerprint density at radius 2 is 1.94 bits per heavy atom. The van der Waals surface area contributed by atoms with Crippen LogP contribution in [-0.2, 0) is 11.3 Å². The van der Waals surface area contributed by atoms with Crippen molar-refractivity contribution in [3.05, 3.63) is 58.3 Å². The molecule has 2 fully saturated rings. The van der Waals surface area contributed by atoms with Crippen molar-refractivity contribution in [2.24, 2.45) is 5.41 Å². The Balaban J connectivity index is 1.26. The minimum Gasteiger partial charge on any atom is -0.496 e. The topological polar surface area (TPSA) is 44.8 Å². The summed E-state index contributed by atoms with van der Waals surface area (Å²) in [5, 5.41) is 8.28. The average molecular weight is 456 g/mol. The van der Waals surface area contributed by atoms with E-state index in [0.29, 0.717) is 6.54 Å². The molecule has 1 spiro atoms. The van der Waals surface area contributed by atoms with Gasteiger partial charge in [-0.1, -0.05) is 18.2 Å². The molecule has 7 heteroatoms. The van der Waals surface area contributed by atoms with Gasteiger partial charge in [-0.2, -0.15) is 11.3 Å². The highest BCUT2D eigenvalue weighted by Crippen LogP contribution is 2.40. The number of thiophene rings is 1. The van der Waals surface area contributed by atoms with Gasteiger partial charge in [0.2, 0.25) is 5.91 Å². The van der Waals surface area contributed by atoms with Crippen LogP contribution in [0.3, 0.4) is 0 Å². The van der Waals surface area contributed by atoms with Gasteiger partial charge in [-0.05, 0) is 71.4 Å². The molecular weight excluding hydrogens is 426 g/mol. The van der Waals surface area contributed by atoms with Crippen LogP contribution in [0.5, 0.6) is 5.75 Å². The summed E-state index contributed by atoms with van der Waals surface area (Å²) in [5.41, 5.74) is 2.46. The number of hydrogen-bond donors (Lipinski definition) is 1. The second-order valence-electron chi connectivity index (χ2n) is 8.36. The van der Waals surface area contributed by atoms with Gasteiger partial charge in [-0.15, -0.1) is 0 Å². The Bertz CT molecular complexity index is 934. The smallest absolute Gasteiger partial charge is 0.246 e. The standard InChI is InChI=1S/C24H29N3O2S2/c1-29-21-5-3-2-4-20(21)16-25-23(30)27-14-11-24(18-27)9-12-26(13-10-24)22(28)7-6-19-8-15-31-17-19/h2-8,15,17H,9-14,16,18H2,1H3,(H,25,30). The van der Waals surface area contributed by atoms with Gasteiger partial charge in [0.05, 0.1) is 7.11 Å². The zero-order chi connectivity index (χ0) is 21.7. The highest BCUT2D eigenvalue weighted by molar-refractivity contribution is 7.80. The predicted molar refractivity (Wildman–Crippen MR) is 130 cm³/mol. The number of para-hydroxylation sites is 1. The zero-order valence-electron chi connectivity index (χ0n) is 17.9. The van der Waals surface area contributed by atoms with Crippen LogP contribution >= 0.6 is 23.6 Å². The molecule has 0 unspecified atom stereocenters. The van der Waals surface area contributed by atoms with Crippen molar-refractivity contribution >= 4 is 40.7 Å². The SMILES string of the molecule is COc1ccccc1CNC(=S)N1CCC2(CCN(C(=O)C=Cc3ccsc3)CC2)C1. The monoisotopic (exact) mass is 455 g/mol. The van der Waals surface area contributed by atoms with E-state index in [-0.39, 0.29) is 11.3 Å². The number of ether oxygens (including phenoxy) is 1. The Hall–Kier alpha value is -2.38. The fourth-order valence-corrected chi connectivity index (χ4v) is 5.35. The number of piperidine rings is 1. The quantitative estimate of drug-likeness (QED) is 0.542. The number of carbonyl (C=O) groups is 1. The molecule has 2 aliphatic rings. The lowest BCUT2D eigenvalue weighted by molar-refractivity contribution is -0.128. The van der Waals surface area contributed by atoms with Crippen LogP contribution in [-0.4, -0.2) is 54.1 Å². The van der Waals surface area contributed by atoms with E-state index in [2.05, 4.69) is 16.3 Å². The molecule has 2 saturated heterocycles. The van der Waals surface area contributed by atoms with Gasteiger partial charge >= 0.3 is 0 Å². The van der Waals surface area contributed by atoms with Crippen molar-refractivity contribution in [3.63, 3.8) is 0 Å². The van der Waals surface area contributed by atoms with E-state index >= 15 is 0 Å². The lowest BCUT2D eigenvalue weighted by atomic mass is 9.78. The molecule has 4 rings (SSSR count). The van der Waals surface area contributed by atoms with Crippen LogP contribution in [0.15, 0.2) is 47.2 Å². The third-order valence-corrected chi connectivity index (χ3v) is 7.55. The highest BCUT2D eigenvalue weighted by Gasteiger charge is 2.41. The van der Waals surface area contributed by atoms with Crippen LogP contribution in [0.4, 0.5) is 0 Å². The third kappa shape index (κ3) is 5.28. The molecule has 0 saturated carbocycles. The third-order valence-electron chi connectivity index (χ3n) is 6.45. The van der Waals surface area contributed by atoms with Gasteiger partial charge in [0, 0.05) is 44.4 Å².